The number of carbonyl (C=O) groups is 1. The number of aliphatic hydroxyl groups is 1. The van der Waals surface area contributed by atoms with Crippen molar-refractivity contribution in [2.45, 2.75) is 63.7 Å². The van der Waals surface area contributed by atoms with Gasteiger partial charge in [-0.25, -0.2) is 4.39 Å². The molecule has 0 aromatic heterocycles. The summed E-state index contributed by atoms with van der Waals surface area (Å²) in [4.78, 5) is 13.3. The summed E-state index contributed by atoms with van der Waals surface area (Å²) in [6.07, 6.45) is 2.36. The smallest absolute Gasteiger partial charge is 0.303 e. The van der Waals surface area contributed by atoms with Crippen LogP contribution < -0.4 is 0 Å². The Morgan fingerprint density at radius 1 is 1.26 bits per heavy atom. The number of carboxylic acids is 1. The summed E-state index contributed by atoms with van der Waals surface area (Å²) in [6, 6.07) is 10.7. The van der Waals surface area contributed by atoms with Crippen LogP contribution in [-0.4, -0.2) is 52.9 Å². The van der Waals surface area contributed by atoms with Crippen molar-refractivity contribution >= 4 is 29.2 Å². The van der Waals surface area contributed by atoms with E-state index in [0.29, 0.717) is 40.2 Å². The molecule has 1 saturated heterocycles. The lowest BCUT2D eigenvalue weighted by atomic mass is 9.96. The summed E-state index contributed by atoms with van der Waals surface area (Å²) in [7, 11) is 0. The van der Waals surface area contributed by atoms with Gasteiger partial charge in [-0.2, -0.15) is 0 Å². The summed E-state index contributed by atoms with van der Waals surface area (Å²) in [5, 5.41) is 20.8. The number of aliphatic hydroxyl groups excluding tert-OH is 1. The molecule has 3 atom stereocenters. The van der Waals surface area contributed by atoms with Gasteiger partial charge in [-0.3, -0.25) is 9.69 Å². The lowest BCUT2D eigenvalue weighted by molar-refractivity contribution is -0.136. The fourth-order valence-electron chi connectivity index (χ4n) is 4.66. The van der Waals surface area contributed by atoms with Crippen molar-refractivity contribution in [3.63, 3.8) is 0 Å². The van der Waals surface area contributed by atoms with Gasteiger partial charge < -0.3 is 14.9 Å². The molecular weight excluding hydrogens is 480 g/mol. The van der Waals surface area contributed by atoms with Gasteiger partial charge in [-0.15, -0.1) is 0 Å². The van der Waals surface area contributed by atoms with Crippen LogP contribution in [0.25, 0.3) is 0 Å². The number of hydrogen-bond acceptors (Lipinski definition) is 4. The van der Waals surface area contributed by atoms with Crippen molar-refractivity contribution in [3.05, 3.63) is 69.0 Å². The molecule has 34 heavy (non-hydrogen) atoms. The van der Waals surface area contributed by atoms with E-state index in [2.05, 4.69) is 4.90 Å². The molecule has 2 aromatic rings. The second kappa shape index (κ2) is 12.8. The van der Waals surface area contributed by atoms with Crippen LogP contribution in [0.4, 0.5) is 4.39 Å². The zero-order chi connectivity index (χ0) is 24.7. The fourth-order valence-corrected chi connectivity index (χ4v) is 4.98. The molecule has 0 aliphatic carbocycles. The van der Waals surface area contributed by atoms with Gasteiger partial charge in [0.25, 0.3) is 0 Å². The van der Waals surface area contributed by atoms with Crippen LogP contribution in [0.15, 0.2) is 36.4 Å². The predicted molar refractivity (Wildman–Crippen MR) is 132 cm³/mol. The molecule has 0 saturated carbocycles. The Morgan fingerprint density at radius 3 is 2.76 bits per heavy atom. The number of ether oxygens (including phenoxy) is 1. The first-order valence-electron chi connectivity index (χ1n) is 11.7. The highest BCUT2D eigenvalue weighted by atomic mass is 35.5. The summed E-state index contributed by atoms with van der Waals surface area (Å²) in [5.74, 6) is -1.40. The predicted octanol–water partition coefficient (Wildman–Crippen LogP) is 5.69. The van der Waals surface area contributed by atoms with E-state index in [1.165, 1.54) is 6.07 Å². The van der Waals surface area contributed by atoms with Crippen LogP contribution in [0.2, 0.25) is 10.0 Å². The van der Waals surface area contributed by atoms with Crippen LogP contribution in [0.1, 0.15) is 55.4 Å². The van der Waals surface area contributed by atoms with Crippen molar-refractivity contribution < 1.29 is 24.1 Å². The van der Waals surface area contributed by atoms with E-state index >= 15 is 0 Å². The zero-order valence-electron chi connectivity index (χ0n) is 19.4. The second-order valence-electron chi connectivity index (χ2n) is 8.83. The number of halogens is 3. The highest BCUT2D eigenvalue weighted by molar-refractivity contribution is 6.42. The number of likely N-dealkylation sites (tertiary alicyclic amines) is 1. The van der Waals surface area contributed by atoms with Gasteiger partial charge in [0.05, 0.1) is 28.9 Å². The van der Waals surface area contributed by atoms with Crippen molar-refractivity contribution in [1.82, 2.24) is 4.90 Å². The third kappa shape index (κ3) is 7.40. The first kappa shape index (κ1) is 26.9. The van der Waals surface area contributed by atoms with Gasteiger partial charge >= 0.3 is 5.97 Å². The van der Waals surface area contributed by atoms with Gasteiger partial charge in [0.15, 0.2) is 0 Å². The van der Waals surface area contributed by atoms with Gasteiger partial charge in [0.1, 0.15) is 5.82 Å². The topological polar surface area (TPSA) is 70.0 Å². The van der Waals surface area contributed by atoms with Crippen molar-refractivity contribution in [2.24, 2.45) is 0 Å². The molecule has 1 heterocycles. The number of β-amino-alcohol motifs (C(OH)–C–C–N with tert-alkyl or cyclic N) is 1. The quantitative estimate of drug-likeness (QED) is 0.383. The number of aliphatic carboxylic acids is 1. The molecule has 1 aliphatic rings. The summed E-state index contributed by atoms with van der Waals surface area (Å²) >= 11 is 12.2. The minimum Gasteiger partial charge on any atom is -0.481 e. The maximum absolute atomic E-state index is 14.4. The third-order valence-electron chi connectivity index (χ3n) is 6.35. The van der Waals surface area contributed by atoms with E-state index in [-0.39, 0.29) is 19.4 Å². The number of rotatable bonds is 12. The van der Waals surface area contributed by atoms with Gasteiger partial charge in [-0.05, 0) is 73.5 Å². The fraction of sp³-hybridized carbons (Fsp3) is 0.500. The van der Waals surface area contributed by atoms with E-state index in [1.807, 2.05) is 25.1 Å². The standard InChI is InChI=1S/C26H32Cl2FNO4/c1-2-25(21-6-3-7-24(29)20(21)9-11-26(32)33)34-16-19(31)15-30-12-4-5-18(30)13-17-8-10-22(27)23(28)14-17/h3,6-8,10,14,18-19,25,31H,2,4-5,9,11-13,15-16H2,1H3,(H,32,33)/t18-,19+,25+/m0/s1. The monoisotopic (exact) mass is 511 g/mol. The average Bonchev–Trinajstić information content (AvgIpc) is 3.22. The Hall–Kier alpha value is -1.70. The molecule has 2 N–H and O–H groups in total. The molecule has 1 fully saturated rings. The van der Waals surface area contributed by atoms with E-state index in [1.54, 1.807) is 12.1 Å². The SMILES string of the molecule is CC[C@@H](OC[C@H](O)CN1CCC[C@H]1Cc1ccc(Cl)c(Cl)c1)c1cccc(F)c1CCC(=O)O. The van der Waals surface area contributed by atoms with Crippen LogP contribution >= 0.6 is 23.2 Å². The number of hydrogen-bond donors (Lipinski definition) is 2. The summed E-state index contributed by atoms with van der Waals surface area (Å²) < 4.78 is 20.4. The van der Waals surface area contributed by atoms with Crippen LogP contribution in [0, 0.1) is 5.82 Å². The Morgan fingerprint density at radius 2 is 2.06 bits per heavy atom. The Bertz CT molecular complexity index is 974. The van der Waals surface area contributed by atoms with Crippen molar-refractivity contribution in [3.8, 4) is 0 Å². The largest absolute Gasteiger partial charge is 0.481 e. The Balaban J connectivity index is 1.58. The molecule has 0 unspecified atom stereocenters. The zero-order valence-corrected chi connectivity index (χ0v) is 20.9. The lowest BCUT2D eigenvalue weighted by Gasteiger charge is -2.28. The molecule has 1 aliphatic heterocycles. The van der Waals surface area contributed by atoms with Crippen LogP contribution in [0.3, 0.4) is 0 Å². The molecule has 8 heteroatoms. The van der Waals surface area contributed by atoms with E-state index < -0.39 is 24.0 Å². The van der Waals surface area contributed by atoms with Crippen LogP contribution in [-0.2, 0) is 22.4 Å². The van der Waals surface area contributed by atoms with Gasteiger partial charge in [0.2, 0.25) is 0 Å². The van der Waals surface area contributed by atoms with Gasteiger partial charge in [0, 0.05) is 19.0 Å². The highest BCUT2D eigenvalue weighted by Gasteiger charge is 2.27. The number of nitrogens with zero attached hydrogens (tertiary/aromatic N) is 1. The second-order valence-corrected chi connectivity index (χ2v) is 9.64. The van der Waals surface area contributed by atoms with Crippen molar-refractivity contribution in [1.29, 1.82) is 0 Å². The van der Waals surface area contributed by atoms with E-state index in [0.717, 1.165) is 31.4 Å². The number of carboxylic acid groups (broad SMARTS) is 1. The van der Waals surface area contributed by atoms with E-state index in [9.17, 15) is 14.3 Å². The Labute approximate surface area is 210 Å². The summed E-state index contributed by atoms with van der Waals surface area (Å²) in [5.41, 5.74) is 2.13. The lowest BCUT2D eigenvalue weighted by Crippen LogP contribution is -2.39. The molecule has 0 bridgehead atoms. The first-order valence-corrected chi connectivity index (χ1v) is 12.5. The molecule has 0 radical (unpaired) electrons. The Kier molecular flexibility index (Phi) is 10.2. The number of benzene rings is 2. The minimum atomic E-state index is -0.973. The van der Waals surface area contributed by atoms with Crippen molar-refractivity contribution in [2.75, 3.05) is 19.7 Å². The summed E-state index contributed by atoms with van der Waals surface area (Å²) in [6.45, 7) is 3.43. The maximum atomic E-state index is 14.4. The third-order valence-corrected chi connectivity index (χ3v) is 7.09. The highest BCUT2D eigenvalue weighted by Crippen LogP contribution is 2.29. The molecule has 0 spiro atoms. The minimum absolute atomic E-state index is 0.101. The molecule has 5 nitrogen and oxygen atoms in total. The molecule has 186 valence electrons. The van der Waals surface area contributed by atoms with Gasteiger partial charge in [-0.1, -0.05) is 48.3 Å². The van der Waals surface area contributed by atoms with E-state index in [4.69, 9.17) is 33.0 Å². The molecule has 3 rings (SSSR count). The average molecular weight is 512 g/mol. The first-order chi connectivity index (χ1) is 16.3. The molecule has 2 aromatic carbocycles. The normalized spacial score (nSPS) is 18.2. The molecular formula is C26H32Cl2FNO4. The maximum Gasteiger partial charge on any atom is 0.303 e. The van der Waals surface area contributed by atoms with Crippen LogP contribution in [0.5, 0.6) is 0 Å². The molecule has 0 amide bonds.